The third-order valence-corrected chi connectivity index (χ3v) is 2.01. The molecular weight excluding hydrogens is 220 g/mol. The Labute approximate surface area is 101 Å². The molecule has 0 aromatic carbocycles. The lowest BCUT2D eigenvalue weighted by molar-refractivity contribution is -0.121. The zero-order valence-corrected chi connectivity index (χ0v) is 10.4. The van der Waals surface area contributed by atoms with E-state index in [9.17, 15) is 4.79 Å². The van der Waals surface area contributed by atoms with Gasteiger partial charge in [-0.3, -0.25) is 4.79 Å². The van der Waals surface area contributed by atoms with Crippen LogP contribution in [0.4, 0.5) is 5.95 Å². The van der Waals surface area contributed by atoms with Crippen LogP contribution >= 0.6 is 0 Å². The molecule has 1 unspecified atom stereocenters. The van der Waals surface area contributed by atoms with Crippen LogP contribution in [0.5, 0.6) is 5.88 Å². The number of nitrogens with one attached hydrogen (secondary N) is 2. The molecule has 17 heavy (non-hydrogen) atoms. The largest absolute Gasteiger partial charge is 0.478 e. The molecule has 1 aromatic rings. The summed E-state index contributed by atoms with van der Waals surface area (Å²) in [7, 11) is 0. The maximum absolute atomic E-state index is 11.5. The quantitative estimate of drug-likeness (QED) is 0.767. The van der Waals surface area contributed by atoms with Crippen LogP contribution in [-0.4, -0.2) is 35.1 Å². The van der Waals surface area contributed by atoms with Crippen LogP contribution in [-0.2, 0) is 4.79 Å². The third-order valence-electron chi connectivity index (χ3n) is 2.01. The summed E-state index contributed by atoms with van der Waals surface area (Å²) in [6, 6.07) is 1.29. The van der Waals surface area contributed by atoms with Gasteiger partial charge in [-0.1, -0.05) is 0 Å². The van der Waals surface area contributed by atoms with E-state index in [2.05, 4.69) is 20.6 Å². The maximum Gasteiger partial charge on any atom is 0.242 e. The lowest BCUT2D eigenvalue weighted by Gasteiger charge is -2.13. The van der Waals surface area contributed by atoms with Crippen LogP contribution in [0, 0.1) is 0 Å². The minimum Gasteiger partial charge on any atom is -0.478 e. The molecule has 6 heteroatoms. The highest BCUT2D eigenvalue weighted by Crippen LogP contribution is 2.08. The SMILES string of the molecule is CCNC(=O)C(C)Nc1nccc(OCC)n1. The van der Waals surface area contributed by atoms with E-state index in [0.29, 0.717) is 25.0 Å². The Bertz CT molecular complexity index is 370. The lowest BCUT2D eigenvalue weighted by atomic mass is 10.3. The Balaban J connectivity index is 2.61. The molecule has 1 atom stereocenters. The lowest BCUT2D eigenvalue weighted by Crippen LogP contribution is -2.37. The second kappa shape index (κ2) is 6.67. The number of rotatable bonds is 6. The first-order chi connectivity index (χ1) is 8.17. The molecule has 0 saturated heterocycles. The van der Waals surface area contributed by atoms with Crippen LogP contribution < -0.4 is 15.4 Å². The fourth-order valence-electron chi connectivity index (χ4n) is 1.23. The summed E-state index contributed by atoms with van der Waals surface area (Å²) >= 11 is 0. The van der Waals surface area contributed by atoms with Crippen LogP contribution in [0.25, 0.3) is 0 Å². The summed E-state index contributed by atoms with van der Waals surface area (Å²) in [4.78, 5) is 19.6. The number of anilines is 1. The van der Waals surface area contributed by atoms with Crippen molar-refractivity contribution >= 4 is 11.9 Å². The molecule has 0 aliphatic heterocycles. The molecule has 1 aromatic heterocycles. The number of carbonyl (C=O) groups is 1. The summed E-state index contributed by atoms with van der Waals surface area (Å²) in [6.07, 6.45) is 1.59. The minimum atomic E-state index is -0.383. The highest BCUT2D eigenvalue weighted by atomic mass is 16.5. The van der Waals surface area contributed by atoms with Crippen molar-refractivity contribution in [2.45, 2.75) is 26.8 Å². The van der Waals surface area contributed by atoms with Crippen molar-refractivity contribution < 1.29 is 9.53 Å². The monoisotopic (exact) mass is 238 g/mol. The van der Waals surface area contributed by atoms with E-state index in [0.717, 1.165) is 0 Å². The number of ether oxygens (including phenoxy) is 1. The number of hydrogen-bond donors (Lipinski definition) is 2. The van der Waals surface area contributed by atoms with Crippen molar-refractivity contribution in [3.8, 4) is 5.88 Å². The molecule has 1 rings (SSSR count). The third kappa shape index (κ3) is 4.26. The molecular formula is C11H18N4O2. The highest BCUT2D eigenvalue weighted by molar-refractivity contribution is 5.83. The zero-order valence-electron chi connectivity index (χ0n) is 10.4. The van der Waals surface area contributed by atoms with Crippen LogP contribution in [0.15, 0.2) is 12.3 Å². The first-order valence-electron chi connectivity index (χ1n) is 5.67. The fraction of sp³-hybridized carbons (Fsp3) is 0.545. The average molecular weight is 238 g/mol. The number of likely N-dealkylation sites (N-methyl/N-ethyl adjacent to an activating group) is 1. The van der Waals surface area contributed by atoms with Gasteiger partial charge >= 0.3 is 0 Å². The molecule has 1 heterocycles. The van der Waals surface area contributed by atoms with Crippen molar-refractivity contribution in [2.75, 3.05) is 18.5 Å². The average Bonchev–Trinajstić information content (AvgIpc) is 2.30. The second-order valence-corrected chi connectivity index (χ2v) is 3.41. The summed E-state index contributed by atoms with van der Waals surface area (Å²) < 4.78 is 5.24. The van der Waals surface area contributed by atoms with E-state index >= 15 is 0 Å². The smallest absolute Gasteiger partial charge is 0.242 e. The van der Waals surface area contributed by atoms with E-state index in [1.165, 1.54) is 0 Å². The van der Waals surface area contributed by atoms with Crippen LogP contribution in [0.3, 0.4) is 0 Å². The molecule has 2 N–H and O–H groups in total. The van der Waals surface area contributed by atoms with Gasteiger partial charge in [-0.05, 0) is 20.8 Å². The number of aromatic nitrogens is 2. The first kappa shape index (κ1) is 13.2. The van der Waals surface area contributed by atoms with Gasteiger partial charge < -0.3 is 15.4 Å². The number of hydrogen-bond acceptors (Lipinski definition) is 5. The van der Waals surface area contributed by atoms with Crippen LogP contribution in [0.2, 0.25) is 0 Å². The minimum absolute atomic E-state index is 0.0853. The Hall–Kier alpha value is -1.85. The Morgan fingerprint density at radius 3 is 2.94 bits per heavy atom. The predicted octanol–water partition coefficient (Wildman–Crippen LogP) is 0.812. The molecule has 0 fully saturated rings. The Morgan fingerprint density at radius 1 is 1.53 bits per heavy atom. The van der Waals surface area contributed by atoms with Gasteiger partial charge in [-0.15, -0.1) is 0 Å². The number of carbonyl (C=O) groups excluding carboxylic acids is 1. The number of amides is 1. The van der Waals surface area contributed by atoms with Crippen molar-refractivity contribution in [2.24, 2.45) is 0 Å². The topological polar surface area (TPSA) is 76.1 Å². The van der Waals surface area contributed by atoms with Gasteiger partial charge in [-0.25, -0.2) is 4.98 Å². The van der Waals surface area contributed by atoms with Crippen molar-refractivity contribution in [3.05, 3.63) is 12.3 Å². The van der Waals surface area contributed by atoms with Gasteiger partial charge in [0.2, 0.25) is 17.7 Å². The van der Waals surface area contributed by atoms with Crippen molar-refractivity contribution in [1.82, 2.24) is 15.3 Å². The first-order valence-corrected chi connectivity index (χ1v) is 5.67. The van der Waals surface area contributed by atoms with Gasteiger partial charge in [-0.2, -0.15) is 4.98 Å². The van der Waals surface area contributed by atoms with Gasteiger partial charge in [0.05, 0.1) is 6.61 Å². The van der Waals surface area contributed by atoms with E-state index in [1.807, 2.05) is 13.8 Å². The maximum atomic E-state index is 11.5. The second-order valence-electron chi connectivity index (χ2n) is 3.41. The predicted molar refractivity (Wildman–Crippen MR) is 65.0 cm³/mol. The molecule has 0 saturated carbocycles. The summed E-state index contributed by atoms with van der Waals surface area (Å²) in [5, 5.41) is 5.63. The molecule has 0 bridgehead atoms. The summed E-state index contributed by atoms with van der Waals surface area (Å²) in [6.45, 7) is 6.65. The molecule has 0 spiro atoms. The van der Waals surface area contributed by atoms with E-state index in [4.69, 9.17) is 4.74 Å². The molecule has 0 aliphatic carbocycles. The normalized spacial score (nSPS) is 11.7. The highest BCUT2D eigenvalue weighted by Gasteiger charge is 2.12. The fourth-order valence-corrected chi connectivity index (χ4v) is 1.23. The van der Waals surface area contributed by atoms with Gasteiger partial charge in [0.1, 0.15) is 6.04 Å². The standard InChI is InChI=1S/C11H18N4O2/c1-4-12-10(16)8(3)14-11-13-7-6-9(15-11)17-5-2/h6-8H,4-5H2,1-3H3,(H,12,16)(H,13,14,15). The van der Waals surface area contributed by atoms with Gasteiger partial charge in [0.15, 0.2) is 0 Å². The molecule has 0 radical (unpaired) electrons. The van der Waals surface area contributed by atoms with Gasteiger partial charge in [0, 0.05) is 18.8 Å². The van der Waals surface area contributed by atoms with Gasteiger partial charge in [0.25, 0.3) is 0 Å². The molecule has 1 amide bonds. The van der Waals surface area contributed by atoms with E-state index < -0.39 is 0 Å². The summed E-state index contributed by atoms with van der Waals surface area (Å²) in [5.74, 6) is 0.792. The van der Waals surface area contributed by atoms with Crippen LogP contribution in [0.1, 0.15) is 20.8 Å². The van der Waals surface area contributed by atoms with E-state index in [-0.39, 0.29) is 11.9 Å². The van der Waals surface area contributed by atoms with Crippen molar-refractivity contribution in [3.63, 3.8) is 0 Å². The Kier molecular flexibility index (Phi) is 5.19. The number of nitrogens with zero attached hydrogens (tertiary/aromatic N) is 2. The molecule has 0 aliphatic rings. The summed E-state index contributed by atoms with van der Waals surface area (Å²) in [5.41, 5.74) is 0. The zero-order chi connectivity index (χ0) is 12.7. The van der Waals surface area contributed by atoms with E-state index in [1.54, 1.807) is 19.2 Å². The Morgan fingerprint density at radius 2 is 2.29 bits per heavy atom. The van der Waals surface area contributed by atoms with Crippen molar-refractivity contribution in [1.29, 1.82) is 0 Å². The molecule has 94 valence electrons. The molecule has 6 nitrogen and oxygen atoms in total.